The fourth-order valence-electron chi connectivity index (χ4n) is 1.33. The van der Waals surface area contributed by atoms with E-state index in [4.69, 9.17) is 5.11 Å². The van der Waals surface area contributed by atoms with Gasteiger partial charge in [-0.25, -0.2) is 4.79 Å². The van der Waals surface area contributed by atoms with E-state index in [2.05, 4.69) is 15.6 Å². The maximum Gasteiger partial charge on any atom is 0.326 e. The van der Waals surface area contributed by atoms with Crippen LogP contribution in [0.4, 0.5) is 0 Å². The molecule has 80 valence electrons. The lowest BCUT2D eigenvalue weighted by molar-refractivity contribution is -0.139. The minimum absolute atomic E-state index is 0.515. The highest BCUT2D eigenvalue weighted by molar-refractivity contribution is 5.86. The number of carboxylic acid groups (broad SMARTS) is 1. The molecule has 0 aromatic heterocycles. The molecule has 0 aromatic rings. The van der Waals surface area contributed by atoms with Crippen molar-refractivity contribution in [2.24, 2.45) is 4.99 Å². The smallest absolute Gasteiger partial charge is 0.326 e. The molecule has 1 heterocycles. The van der Waals surface area contributed by atoms with Crippen LogP contribution in [0.1, 0.15) is 26.2 Å². The van der Waals surface area contributed by atoms with Crippen LogP contribution in [0.25, 0.3) is 0 Å². The summed E-state index contributed by atoms with van der Waals surface area (Å²) >= 11 is 0. The van der Waals surface area contributed by atoms with Gasteiger partial charge in [-0.05, 0) is 6.42 Å². The third kappa shape index (κ3) is 3.24. The molecule has 0 bridgehead atoms. The molecular weight excluding hydrogens is 182 g/mol. The highest BCUT2D eigenvalue weighted by Crippen LogP contribution is 2.01. The molecule has 14 heavy (non-hydrogen) atoms. The van der Waals surface area contributed by atoms with E-state index in [0.717, 1.165) is 25.9 Å². The van der Waals surface area contributed by atoms with Gasteiger partial charge in [0.2, 0.25) is 0 Å². The van der Waals surface area contributed by atoms with Crippen molar-refractivity contribution >= 4 is 11.9 Å². The van der Waals surface area contributed by atoms with E-state index in [0.29, 0.717) is 12.4 Å². The average molecular weight is 199 g/mol. The zero-order valence-corrected chi connectivity index (χ0v) is 8.42. The zero-order chi connectivity index (χ0) is 10.4. The highest BCUT2D eigenvalue weighted by Gasteiger charge is 2.18. The van der Waals surface area contributed by atoms with Gasteiger partial charge in [0.15, 0.2) is 5.96 Å². The molecule has 0 spiro atoms. The Morgan fingerprint density at radius 2 is 2.57 bits per heavy atom. The van der Waals surface area contributed by atoms with Crippen molar-refractivity contribution in [2.45, 2.75) is 32.2 Å². The van der Waals surface area contributed by atoms with Gasteiger partial charge in [0.25, 0.3) is 0 Å². The summed E-state index contributed by atoms with van der Waals surface area (Å²) in [5, 5.41) is 14.8. The minimum atomic E-state index is -0.810. The molecule has 5 nitrogen and oxygen atoms in total. The van der Waals surface area contributed by atoms with Gasteiger partial charge < -0.3 is 15.7 Å². The molecule has 1 aliphatic rings. The SMILES string of the molecule is CCCCC(NC1=NCCN1)C(=O)O. The molecule has 1 aliphatic heterocycles. The fourth-order valence-corrected chi connectivity index (χ4v) is 1.33. The standard InChI is InChI=1S/C9H17N3O2/c1-2-3-4-7(8(13)14)12-9-10-5-6-11-9/h7H,2-6H2,1H3,(H,13,14)(H2,10,11,12). The zero-order valence-electron chi connectivity index (χ0n) is 8.42. The first-order valence-electron chi connectivity index (χ1n) is 5.01. The number of unbranched alkanes of at least 4 members (excludes halogenated alkanes) is 1. The van der Waals surface area contributed by atoms with Crippen LogP contribution in [0.15, 0.2) is 4.99 Å². The second-order valence-electron chi connectivity index (χ2n) is 3.33. The van der Waals surface area contributed by atoms with Gasteiger partial charge in [-0.2, -0.15) is 0 Å². The van der Waals surface area contributed by atoms with Gasteiger partial charge >= 0.3 is 5.97 Å². The molecule has 1 rings (SSSR count). The summed E-state index contributed by atoms with van der Waals surface area (Å²) in [6, 6.07) is -0.515. The third-order valence-corrected chi connectivity index (χ3v) is 2.13. The lowest BCUT2D eigenvalue weighted by Crippen LogP contribution is -2.45. The molecule has 0 aliphatic carbocycles. The highest BCUT2D eigenvalue weighted by atomic mass is 16.4. The normalized spacial score (nSPS) is 17.1. The van der Waals surface area contributed by atoms with Gasteiger partial charge in [0, 0.05) is 6.54 Å². The number of aliphatic imine (C=N–C) groups is 1. The Hall–Kier alpha value is -1.26. The Bertz CT molecular complexity index is 228. The second-order valence-corrected chi connectivity index (χ2v) is 3.33. The van der Waals surface area contributed by atoms with Crippen LogP contribution in [0.3, 0.4) is 0 Å². The topological polar surface area (TPSA) is 73.7 Å². The predicted octanol–water partition coefficient (Wildman–Crippen LogP) is 0.179. The molecule has 0 saturated carbocycles. The molecular formula is C9H17N3O2. The first kappa shape index (κ1) is 10.8. The quantitative estimate of drug-likeness (QED) is 0.590. The van der Waals surface area contributed by atoms with Crippen molar-refractivity contribution < 1.29 is 9.90 Å². The Morgan fingerprint density at radius 3 is 3.07 bits per heavy atom. The molecule has 3 N–H and O–H groups in total. The van der Waals surface area contributed by atoms with Gasteiger partial charge in [0.1, 0.15) is 6.04 Å². The Kier molecular flexibility index (Phi) is 4.22. The minimum Gasteiger partial charge on any atom is -0.480 e. The average Bonchev–Trinajstić information content (AvgIpc) is 2.64. The van der Waals surface area contributed by atoms with Crippen molar-refractivity contribution in [1.29, 1.82) is 0 Å². The first-order chi connectivity index (χ1) is 6.74. The molecule has 5 heteroatoms. The van der Waals surface area contributed by atoms with Crippen molar-refractivity contribution in [3.8, 4) is 0 Å². The monoisotopic (exact) mass is 199 g/mol. The van der Waals surface area contributed by atoms with Crippen LogP contribution >= 0.6 is 0 Å². The summed E-state index contributed by atoms with van der Waals surface area (Å²) < 4.78 is 0. The number of carboxylic acids is 1. The van der Waals surface area contributed by atoms with Crippen molar-refractivity contribution in [1.82, 2.24) is 10.6 Å². The van der Waals surface area contributed by atoms with E-state index >= 15 is 0 Å². The number of carbonyl (C=O) groups is 1. The molecule has 1 atom stereocenters. The van der Waals surface area contributed by atoms with Crippen LogP contribution in [0.2, 0.25) is 0 Å². The largest absolute Gasteiger partial charge is 0.480 e. The van der Waals surface area contributed by atoms with E-state index in [-0.39, 0.29) is 0 Å². The molecule has 0 radical (unpaired) electrons. The summed E-state index contributed by atoms with van der Waals surface area (Å²) in [5.41, 5.74) is 0. The van der Waals surface area contributed by atoms with Crippen molar-refractivity contribution in [2.75, 3.05) is 13.1 Å². The number of hydrogen-bond donors (Lipinski definition) is 3. The Morgan fingerprint density at radius 1 is 1.79 bits per heavy atom. The number of nitrogens with one attached hydrogen (secondary N) is 2. The van der Waals surface area contributed by atoms with Crippen molar-refractivity contribution in [3.63, 3.8) is 0 Å². The van der Waals surface area contributed by atoms with Crippen LogP contribution in [0.5, 0.6) is 0 Å². The molecule has 1 unspecified atom stereocenters. The number of rotatable bonds is 5. The van der Waals surface area contributed by atoms with Crippen LogP contribution in [-0.4, -0.2) is 36.2 Å². The maximum absolute atomic E-state index is 10.8. The predicted molar refractivity (Wildman–Crippen MR) is 54.4 cm³/mol. The van der Waals surface area contributed by atoms with E-state index in [1.807, 2.05) is 6.92 Å². The van der Waals surface area contributed by atoms with Crippen LogP contribution in [-0.2, 0) is 4.79 Å². The molecule has 0 saturated heterocycles. The van der Waals surface area contributed by atoms with Gasteiger partial charge in [-0.3, -0.25) is 4.99 Å². The summed E-state index contributed by atoms with van der Waals surface area (Å²) in [5.74, 6) is -0.191. The second kappa shape index (κ2) is 5.47. The lowest BCUT2D eigenvalue weighted by atomic mass is 10.1. The number of nitrogens with zero attached hydrogens (tertiary/aromatic N) is 1. The van der Waals surface area contributed by atoms with Gasteiger partial charge in [-0.1, -0.05) is 19.8 Å². The van der Waals surface area contributed by atoms with E-state index in [1.54, 1.807) is 0 Å². The van der Waals surface area contributed by atoms with E-state index < -0.39 is 12.0 Å². The lowest BCUT2D eigenvalue weighted by Gasteiger charge is -2.14. The maximum atomic E-state index is 10.8. The van der Waals surface area contributed by atoms with Crippen molar-refractivity contribution in [3.05, 3.63) is 0 Å². The van der Waals surface area contributed by atoms with E-state index in [1.165, 1.54) is 0 Å². The van der Waals surface area contributed by atoms with Gasteiger partial charge in [-0.15, -0.1) is 0 Å². The fraction of sp³-hybridized carbons (Fsp3) is 0.778. The number of aliphatic carboxylic acids is 1. The van der Waals surface area contributed by atoms with Gasteiger partial charge in [0.05, 0.1) is 6.54 Å². The Balaban J connectivity index is 2.38. The number of hydrogen-bond acceptors (Lipinski definition) is 4. The summed E-state index contributed by atoms with van der Waals surface area (Å²) in [6.45, 7) is 3.56. The van der Waals surface area contributed by atoms with Crippen LogP contribution < -0.4 is 10.6 Å². The summed E-state index contributed by atoms with van der Waals surface area (Å²) in [7, 11) is 0. The third-order valence-electron chi connectivity index (χ3n) is 2.13. The van der Waals surface area contributed by atoms with E-state index in [9.17, 15) is 4.79 Å². The number of guanidine groups is 1. The Labute approximate surface area is 83.6 Å². The summed E-state index contributed by atoms with van der Waals surface area (Å²) in [6.07, 6.45) is 2.56. The molecule has 0 amide bonds. The molecule has 0 fully saturated rings. The molecule has 0 aromatic carbocycles. The summed E-state index contributed by atoms with van der Waals surface area (Å²) in [4.78, 5) is 14.9. The van der Waals surface area contributed by atoms with Crippen LogP contribution in [0, 0.1) is 0 Å². The first-order valence-corrected chi connectivity index (χ1v) is 5.01.